The Morgan fingerprint density at radius 1 is 1.30 bits per heavy atom. The summed E-state index contributed by atoms with van der Waals surface area (Å²) >= 11 is 0. The average Bonchev–Trinajstić information content (AvgIpc) is 2.45. The Bertz CT molecular complexity index is 492. The Morgan fingerprint density at radius 3 is 2.60 bits per heavy atom. The molecule has 1 N–H and O–H groups in total. The van der Waals surface area contributed by atoms with Gasteiger partial charge >= 0.3 is 5.97 Å². The number of esters is 1. The summed E-state index contributed by atoms with van der Waals surface area (Å²) in [5.41, 5.74) is 1.06. The minimum atomic E-state index is -0.404. The Kier molecular flexibility index (Phi) is 6.82. The van der Waals surface area contributed by atoms with Crippen LogP contribution in [-0.4, -0.2) is 25.0 Å². The van der Waals surface area contributed by atoms with Crippen molar-refractivity contribution in [2.45, 2.75) is 19.4 Å². The maximum atomic E-state index is 11.2. The summed E-state index contributed by atoms with van der Waals surface area (Å²) in [5.74, 6) is -0.516. The van der Waals surface area contributed by atoms with Crippen molar-refractivity contribution in [2.75, 3.05) is 7.11 Å². The van der Waals surface area contributed by atoms with E-state index in [1.807, 2.05) is 42.5 Å². The van der Waals surface area contributed by atoms with Gasteiger partial charge in [0.2, 0.25) is 5.91 Å². The Hall–Kier alpha value is -2.36. The first-order valence-corrected chi connectivity index (χ1v) is 6.36. The van der Waals surface area contributed by atoms with Crippen LogP contribution in [0, 0.1) is 0 Å². The van der Waals surface area contributed by atoms with Crippen LogP contribution in [0.4, 0.5) is 0 Å². The van der Waals surface area contributed by atoms with Gasteiger partial charge in [-0.25, -0.2) is 4.79 Å². The molecule has 0 aliphatic rings. The maximum absolute atomic E-state index is 11.2. The lowest BCUT2D eigenvalue weighted by Gasteiger charge is -2.11. The number of amides is 1. The van der Waals surface area contributed by atoms with Crippen molar-refractivity contribution in [1.29, 1.82) is 0 Å². The van der Waals surface area contributed by atoms with Crippen LogP contribution in [0.3, 0.4) is 0 Å². The first-order valence-electron chi connectivity index (χ1n) is 6.36. The summed E-state index contributed by atoms with van der Waals surface area (Å²) in [6, 6.07) is 9.64. The van der Waals surface area contributed by atoms with Crippen LogP contribution in [0.2, 0.25) is 0 Å². The molecule has 1 aromatic rings. The number of hydrogen-bond acceptors (Lipinski definition) is 3. The van der Waals surface area contributed by atoms with Gasteiger partial charge in [-0.1, -0.05) is 48.6 Å². The fraction of sp³-hybridized carbons (Fsp3) is 0.250. The molecule has 20 heavy (non-hydrogen) atoms. The number of benzene rings is 1. The molecule has 1 rings (SSSR count). The van der Waals surface area contributed by atoms with E-state index in [0.29, 0.717) is 6.42 Å². The van der Waals surface area contributed by atoms with Gasteiger partial charge < -0.3 is 10.1 Å². The highest BCUT2D eigenvalue weighted by Gasteiger charge is 2.04. The quantitative estimate of drug-likeness (QED) is 0.639. The first-order chi connectivity index (χ1) is 9.61. The Balaban J connectivity index is 2.64. The van der Waals surface area contributed by atoms with Crippen LogP contribution in [-0.2, 0) is 14.3 Å². The van der Waals surface area contributed by atoms with Crippen molar-refractivity contribution >= 4 is 18.0 Å². The van der Waals surface area contributed by atoms with Gasteiger partial charge in [0.05, 0.1) is 13.2 Å². The highest BCUT2D eigenvalue weighted by atomic mass is 16.5. The van der Waals surface area contributed by atoms with Crippen LogP contribution >= 0.6 is 0 Å². The van der Waals surface area contributed by atoms with Crippen LogP contribution in [0.15, 0.2) is 48.6 Å². The molecule has 0 heterocycles. The second-order valence-corrected chi connectivity index (χ2v) is 4.24. The third-order valence-corrected chi connectivity index (χ3v) is 2.55. The summed E-state index contributed by atoms with van der Waals surface area (Å²) < 4.78 is 4.51. The lowest BCUT2D eigenvalue weighted by molar-refractivity contribution is -0.134. The summed E-state index contributed by atoms with van der Waals surface area (Å²) in [5, 5.41) is 2.81. The van der Waals surface area contributed by atoms with Gasteiger partial charge in [0.1, 0.15) is 0 Å². The third kappa shape index (κ3) is 6.54. The molecular weight excluding hydrogens is 254 g/mol. The molecule has 4 nitrogen and oxygen atoms in total. The highest BCUT2D eigenvalue weighted by molar-refractivity contribution is 5.81. The molecule has 0 radical (unpaired) electrons. The fourth-order valence-corrected chi connectivity index (χ4v) is 1.62. The van der Waals surface area contributed by atoms with Crippen molar-refractivity contribution in [3.05, 3.63) is 54.1 Å². The SMILES string of the molecule is COC(=O)/C=C\CC(/C=C/c1ccccc1)NC(C)=O. The van der Waals surface area contributed by atoms with Crippen LogP contribution in [0.5, 0.6) is 0 Å². The number of carbonyl (C=O) groups is 2. The van der Waals surface area contributed by atoms with Crippen molar-refractivity contribution in [3.8, 4) is 0 Å². The van der Waals surface area contributed by atoms with Gasteiger partial charge in [-0.15, -0.1) is 0 Å². The molecule has 1 atom stereocenters. The van der Waals surface area contributed by atoms with Crippen LogP contribution in [0.1, 0.15) is 18.9 Å². The zero-order valence-electron chi connectivity index (χ0n) is 11.7. The Morgan fingerprint density at radius 2 is 2.00 bits per heavy atom. The minimum absolute atomic E-state index is 0.112. The molecule has 0 saturated heterocycles. The first kappa shape index (κ1) is 15.7. The van der Waals surface area contributed by atoms with Crippen molar-refractivity contribution < 1.29 is 14.3 Å². The third-order valence-electron chi connectivity index (χ3n) is 2.55. The van der Waals surface area contributed by atoms with E-state index < -0.39 is 5.97 Å². The number of methoxy groups -OCH3 is 1. The molecule has 1 amide bonds. The number of carbonyl (C=O) groups excluding carboxylic acids is 2. The smallest absolute Gasteiger partial charge is 0.330 e. The van der Waals surface area contributed by atoms with E-state index in [1.165, 1.54) is 20.1 Å². The highest BCUT2D eigenvalue weighted by Crippen LogP contribution is 2.04. The zero-order chi connectivity index (χ0) is 14.8. The van der Waals surface area contributed by atoms with E-state index in [9.17, 15) is 9.59 Å². The molecule has 0 fully saturated rings. The molecule has 106 valence electrons. The van der Waals surface area contributed by atoms with E-state index in [0.717, 1.165) is 5.56 Å². The largest absolute Gasteiger partial charge is 0.466 e. The van der Waals surface area contributed by atoms with Gasteiger partial charge in [-0.2, -0.15) is 0 Å². The minimum Gasteiger partial charge on any atom is -0.466 e. The van der Waals surface area contributed by atoms with Gasteiger partial charge in [-0.3, -0.25) is 4.79 Å². The number of hydrogen-bond donors (Lipinski definition) is 1. The lowest BCUT2D eigenvalue weighted by Crippen LogP contribution is -2.30. The normalized spacial score (nSPS) is 12.5. The standard InChI is InChI=1S/C16H19NO3/c1-13(18)17-15(9-6-10-16(19)20-2)12-11-14-7-4-3-5-8-14/h3-8,10-12,15H,9H2,1-2H3,(H,17,18)/b10-6-,12-11+. The van der Waals surface area contributed by atoms with Gasteiger partial charge in [0.25, 0.3) is 0 Å². The van der Waals surface area contributed by atoms with Crippen LogP contribution < -0.4 is 5.32 Å². The number of ether oxygens (including phenoxy) is 1. The molecule has 1 unspecified atom stereocenters. The lowest BCUT2D eigenvalue weighted by atomic mass is 10.1. The predicted octanol–water partition coefficient (Wildman–Crippen LogP) is 2.32. The van der Waals surface area contributed by atoms with Crippen molar-refractivity contribution in [2.24, 2.45) is 0 Å². The number of rotatable bonds is 6. The van der Waals surface area contributed by atoms with Gasteiger partial charge in [0.15, 0.2) is 0 Å². The van der Waals surface area contributed by atoms with Crippen molar-refractivity contribution in [1.82, 2.24) is 5.32 Å². The molecule has 0 bridgehead atoms. The molecule has 0 aromatic heterocycles. The molecule has 1 aromatic carbocycles. The van der Waals surface area contributed by atoms with Crippen molar-refractivity contribution in [3.63, 3.8) is 0 Å². The van der Waals surface area contributed by atoms with E-state index >= 15 is 0 Å². The number of nitrogens with one attached hydrogen (secondary N) is 1. The van der Waals surface area contributed by atoms with E-state index in [2.05, 4.69) is 10.1 Å². The molecular formula is C16H19NO3. The van der Waals surface area contributed by atoms with E-state index in [4.69, 9.17) is 0 Å². The second-order valence-electron chi connectivity index (χ2n) is 4.24. The fourth-order valence-electron chi connectivity index (χ4n) is 1.62. The second kappa shape index (κ2) is 8.69. The van der Waals surface area contributed by atoms with E-state index in [-0.39, 0.29) is 11.9 Å². The summed E-state index contributed by atoms with van der Waals surface area (Å²) in [6.07, 6.45) is 7.40. The Labute approximate surface area is 119 Å². The molecule has 0 aliphatic carbocycles. The topological polar surface area (TPSA) is 55.4 Å². The molecule has 0 saturated carbocycles. The summed E-state index contributed by atoms with van der Waals surface area (Å²) in [6.45, 7) is 1.47. The predicted molar refractivity (Wildman–Crippen MR) is 78.9 cm³/mol. The van der Waals surface area contributed by atoms with E-state index in [1.54, 1.807) is 6.08 Å². The summed E-state index contributed by atoms with van der Waals surface area (Å²) in [4.78, 5) is 22.1. The van der Waals surface area contributed by atoms with Gasteiger partial charge in [-0.05, 0) is 12.0 Å². The maximum Gasteiger partial charge on any atom is 0.330 e. The summed E-state index contributed by atoms with van der Waals surface area (Å²) in [7, 11) is 1.33. The molecule has 0 spiro atoms. The molecule has 4 heteroatoms. The average molecular weight is 273 g/mol. The monoisotopic (exact) mass is 273 g/mol. The van der Waals surface area contributed by atoms with Gasteiger partial charge in [0, 0.05) is 13.0 Å². The zero-order valence-corrected chi connectivity index (χ0v) is 11.7. The van der Waals surface area contributed by atoms with Crippen LogP contribution in [0.25, 0.3) is 6.08 Å². The molecule has 0 aliphatic heterocycles.